The summed E-state index contributed by atoms with van der Waals surface area (Å²) in [6.45, 7) is 2.25. The molecule has 1 atom stereocenters. The molecule has 1 aliphatic rings. The van der Waals surface area contributed by atoms with E-state index in [1.165, 1.54) is 12.8 Å². The number of aromatic nitrogens is 2. The maximum atomic E-state index is 5.97. The minimum atomic E-state index is 0.488. The topological polar surface area (TPSA) is 20.7 Å². The summed E-state index contributed by atoms with van der Waals surface area (Å²) < 4.78 is 3.02. The standard InChI is InChI=1S/C12H13ClN2S/c1-7(8-2-3-8)15-11-5-4-9(13)6-10(11)14-12(15)16/h4-8H,2-3H2,1H3,(H,14,16). The van der Waals surface area contributed by atoms with Crippen LogP contribution in [0.2, 0.25) is 5.02 Å². The largest absolute Gasteiger partial charge is 0.331 e. The molecule has 1 aromatic carbocycles. The van der Waals surface area contributed by atoms with E-state index in [0.29, 0.717) is 6.04 Å². The highest BCUT2D eigenvalue weighted by atomic mass is 35.5. The predicted octanol–water partition coefficient (Wildman–Crippen LogP) is 4.32. The van der Waals surface area contributed by atoms with E-state index < -0.39 is 0 Å². The van der Waals surface area contributed by atoms with E-state index in [0.717, 1.165) is 26.7 Å². The lowest BCUT2D eigenvalue weighted by Gasteiger charge is -2.13. The third-order valence-electron chi connectivity index (χ3n) is 3.39. The second-order valence-electron chi connectivity index (χ2n) is 4.54. The Kier molecular flexibility index (Phi) is 2.33. The van der Waals surface area contributed by atoms with Crippen LogP contribution in [0.1, 0.15) is 25.8 Å². The summed E-state index contributed by atoms with van der Waals surface area (Å²) in [6, 6.07) is 6.39. The van der Waals surface area contributed by atoms with Gasteiger partial charge in [-0.25, -0.2) is 0 Å². The monoisotopic (exact) mass is 252 g/mol. The van der Waals surface area contributed by atoms with Crippen LogP contribution >= 0.6 is 23.8 Å². The van der Waals surface area contributed by atoms with Gasteiger partial charge < -0.3 is 9.55 Å². The van der Waals surface area contributed by atoms with E-state index in [9.17, 15) is 0 Å². The van der Waals surface area contributed by atoms with Gasteiger partial charge in [0.25, 0.3) is 0 Å². The van der Waals surface area contributed by atoms with Crippen LogP contribution in [0.25, 0.3) is 11.0 Å². The minimum absolute atomic E-state index is 0.488. The second-order valence-corrected chi connectivity index (χ2v) is 5.36. The molecule has 84 valence electrons. The van der Waals surface area contributed by atoms with Gasteiger partial charge in [0, 0.05) is 11.1 Å². The first kappa shape index (κ1) is 10.4. The highest BCUT2D eigenvalue weighted by Crippen LogP contribution is 2.40. The first-order chi connectivity index (χ1) is 7.66. The Hall–Kier alpha value is -0.800. The van der Waals surface area contributed by atoms with E-state index in [-0.39, 0.29) is 0 Å². The highest BCUT2D eigenvalue weighted by Gasteiger charge is 2.30. The van der Waals surface area contributed by atoms with Crippen molar-refractivity contribution in [1.29, 1.82) is 0 Å². The lowest BCUT2D eigenvalue weighted by Crippen LogP contribution is -2.06. The van der Waals surface area contributed by atoms with Crippen molar-refractivity contribution in [3.05, 3.63) is 28.0 Å². The molecule has 1 unspecified atom stereocenters. The Morgan fingerprint density at radius 3 is 2.94 bits per heavy atom. The fraction of sp³-hybridized carbons (Fsp3) is 0.417. The summed E-state index contributed by atoms with van der Waals surface area (Å²) >= 11 is 11.4. The number of H-pyrrole nitrogens is 1. The van der Waals surface area contributed by atoms with E-state index >= 15 is 0 Å². The Bertz CT molecular complexity index is 595. The zero-order valence-electron chi connectivity index (χ0n) is 9.03. The average Bonchev–Trinajstić information content (AvgIpc) is 3.01. The fourth-order valence-electron chi connectivity index (χ4n) is 2.30. The van der Waals surface area contributed by atoms with Crippen LogP contribution in [0, 0.1) is 10.7 Å². The summed E-state index contributed by atoms with van der Waals surface area (Å²) in [4.78, 5) is 3.22. The van der Waals surface area contributed by atoms with Gasteiger partial charge in [0.2, 0.25) is 0 Å². The Morgan fingerprint density at radius 2 is 2.25 bits per heavy atom. The molecule has 2 aromatic rings. The summed E-state index contributed by atoms with van der Waals surface area (Å²) in [7, 11) is 0. The van der Waals surface area contributed by atoms with E-state index in [1.54, 1.807) is 0 Å². The number of rotatable bonds is 2. The summed E-state index contributed by atoms with van der Waals surface area (Å²) in [5.41, 5.74) is 2.19. The third kappa shape index (κ3) is 1.59. The van der Waals surface area contributed by atoms with Gasteiger partial charge >= 0.3 is 0 Å². The van der Waals surface area contributed by atoms with Crippen molar-refractivity contribution in [2.24, 2.45) is 5.92 Å². The molecule has 1 aromatic heterocycles. The van der Waals surface area contributed by atoms with Gasteiger partial charge in [-0.1, -0.05) is 11.6 Å². The molecule has 1 heterocycles. The quantitative estimate of drug-likeness (QED) is 0.790. The second kappa shape index (κ2) is 3.60. The number of benzene rings is 1. The molecule has 16 heavy (non-hydrogen) atoms. The van der Waals surface area contributed by atoms with Crippen LogP contribution in [0.3, 0.4) is 0 Å². The lowest BCUT2D eigenvalue weighted by molar-refractivity contribution is 0.493. The van der Waals surface area contributed by atoms with Gasteiger partial charge in [0.05, 0.1) is 11.0 Å². The van der Waals surface area contributed by atoms with Gasteiger partial charge in [0.1, 0.15) is 0 Å². The first-order valence-electron chi connectivity index (χ1n) is 5.56. The van der Waals surface area contributed by atoms with Crippen LogP contribution in [0.5, 0.6) is 0 Å². The van der Waals surface area contributed by atoms with E-state index in [4.69, 9.17) is 23.8 Å². The zero-order valence-corrected chi connectivity index (χ0v) is 10.6. The number of fused-ring (bicyclic) bond motifs is 1. The molecule has 1 aliphatic carbocycles. The molecular formula is C12H13ClN2S. The number of hydrogen-bond acceptors (Lipinski definition) is 1. The van der Waals surface area contributed by atoms with Crippen molar-refractivity contribution in [3.63, 3.8) is 0 Å². The summed E-state index contributed by atoms with van der Waals surface area (Å²) in [5, 5.41) is 0.745. The molecule has 0 saturated heterocycles. The molecule has 0 radical (unpaired) electrons. The normalized spacial score (nSPS) is 17.9. The lowest BCUT2D eigenvalue weighted by atomic mass is 10.2. The van der Waals surface area contributed by atoms with Gasteiger partial charge in [0.15, 0.2) is 4.77 Å². The molecule has 1 N–H and O–H groups in total. The maximum Gasteiger partial charge on any atom is 0.178 e. The Morgan fingerprint density at radius 1 is 1.50 bits per heavy atom. The van der Waals surface area contributed by atoms with Crippen molar-refractivity contribution in [2.75, 3.05) is 0 Å². The first-order valence-corrected chi connectivity index (χ1v) is 6.35. The number of nitrogens with one attached hydrogen (secondary N) is 1. The van der Waals surface area contributed by atoms with E-state index in [2.05, 4.69) is 16.5 Å². The number of nitrogens with zero attached hydrogens (tertiary/aromatic N) is 1. The summed E-state index contributed by atoms with van der Waals surface area (Å²) in [6.07, 6.45) is 2.65. The zero-order chi connectivity index (χ0) is 11.3. The predicted molar refractivity (Wildman–Crippen MR) is 69.6 cm³/mol. The number of imidazole rings is 1. The minimum Gasteiger partial charge on any atom is -0.331 e. The summed E-state index contributed by atoms with van der Waals surface area (Å²) in [5.74, 6) is 0.793. The van der Waals surface area contributed by atoms with Crippen molar-refractivity contribution in [1.82, 2.24) is 9.55 Å². The smallest absolute Gasteiger partial charge is 0.178 e. The molecule has 1 fully saturated rings. The van der Waals surface area contributed by atoms with Crippen LogP contribution in [0.4, 0.5) is 0 Å². The van der Waals surface area contributed by atoms with Crippen LogP contribution in [0.15, 0.2) is 18.2 Å². The molecule has 0 spiro atoms. The van der Waals surface area contributed by atoms with Gasteiger partial charge in [-0.2, -0.15) is 0 Å². The molecule has 0 amide bonds. The molecular weight excluding hydrogens is 240 g/mol. The fourth-order valence-corrected chi connectivity index (χ4v) is 2.84. The Labute approximate surface area is 104 Å². The molecule has 3 rings (SSSR count). The Balaban J connectivity index is 2.22. The van der Waals surface area contributed by atoms with Crippen molar-refractivity contribution in [3.8, 4) is 0 Å². The molecule has 4 heteroatoms. The third-order valence-corrected chi connectivity index (χ3v) is 3.92. The number of halogens is 1. The molecule has 1 saturated carbocycles. The van der Waals surface area contributed by atoms with Crippen molar-refractivity contribution >= 4 is 34.9 Å². The van der Waals surface area contributed by atoms with Gasteiger partial charge in [-0.05, 0) is 56.1 Å². The maximum absolute atomic E-state index is 5.97. The van der Waals surface area contributed by atoms with Gasteiger partial charge in [-0.15, -0.1) is 0 Å². The molecule has 0 aliphatic heterocycles. The number of aromatic amines is 1. The average molecular weight is 253 g/mol. The van der Waals surface area contributed by atoms with Crippen LogP contribution < -0.4 is 0 Å². The number of hydrogen-bond donors (Lipinski definition) is 1. The molecule has 0 bridgehead atoms. The van der Waals surface area contributed by atoms with Crippen LogP contribution in [-0.2, 0) is 0 Å². The molecule has 2 nitrogen and oxygen atoms in total. The van der Waals surface area contributed by atoms with E-state index in [1.807, 2.05) is 18.2 Å². The van der Waals surface area contributed by atoms with Crippen LogP contribution in [-0.4, -0.2) is 9.55 Å². The van der Waals surface area contributed by atoms with Gasteiger partial charge in [-0.3, -0.25) is 0 Å². The SMILES string of the molecule is CC(C1CC1)n1c(=S)[nH]c2cc(Cl)ccc21. The van der Waals surface area contributed by atoms with Crippen molar-refractivity contribution < 1.29 is 0 Å². The highest BCUT2D eigenvalue weighted by molar-refractivity contribution is 7.71. The van der Waals surface area contributed by atoms with Crippen molar-refractivity contribution in [2.45, 2.75) is 25.8 Å².